The van der Waals surface area contributed by atoms with Crippen LogP contribution < -0.4 is 5.32 Å². The molecule has 2 aromatic carbocycles. The number of aryl methyl sites for hydroxylation is 2. The Bertz CT molecular complexity index is 790. The van der Waals surface area contributed by atoms with Crippen molar-refractivity contribution >= 4 is 5.91 Å². The molecule has 25 heavy (non-hydrogen) atoms. The summed E-state index contributed by atoms with van der Waals surface area (Å²) in [6.07, 6.45) is 6.82. The van der Waals surface area contributed by atoms with Crippen LogP contribution in [0, 0.1) is 6.92 Å². The first-order valence-electron chi connectivity index (χ1n) is 8.55. The Hall–Kier alpha value is -2.88. The number of amides is 1. The highest BCUT2D eigenvalue weighted by Gasteiger charge is 2.03. The molecule has 128 valence electrons. The molecule has 0 fully saturated rings. The number of rotatable bonds is 7. The summed E-state index contributed by atoms with van der Waals surface area (Å²) in [7, 11) is 0. The third kappa shape index (κ3) is 5.31. The second-order valence-electron chi connectivity index (χ2n) is 6.31. The third-order valence-electron chi connectivity index (χ3n) is 4.20. The van der Waals surface area contributed by atoms with E-state index >= 15 is 0 Å². The van der Waals surface area contributed by atoms with E-state index in [9.17, 15) is 4.79 Å². The summed E-state index contributed by atoms with van der Waals surface area (Å²) in [5.74, 6) is 0.0862. The summed E-state index contributed by atoms with van der Waals surface area (Å²) < 4.78 is 2.03. The standard InChI is InChI=1S/C21H23N3O/c1-17-2-4-18(5-3-17)10-11-21(25)23-14-19-6-8-20(9-7-19)15-24-13-12-22-16-24/h2-9,12-13,16H,10-11,14-15H2,1H3,(H,23,25). The number of imidazole rings is 1. The van der Waals surface area contributed by atoms with Crippen LogP contribution >= 0.6 is 0 Å². The van der Waals surface area contributed by atoms with Gasteiger partial charge in [-0.1, -0.05) is 54.1 Å². The molecule has 0 unspecified atom stereocenters. The number of benzene rings is 2. The van der Waals surface area contributed by atoms with Crippen LogP contribution in [0.2, 0.25) is 0 Å². The number of hydrogen-bond donors (Lipinski definition) is 1. The molecule has 1 amide bonds. The van der Waals surface area contributed by atoms with Crippen molar-refractivity contribution in [2.75, 3.05) is 0 Å². The Morgan fingerprint density at radius 2 is 1.68 bits per heavy atom. The first kappa shape index (κ1) is 17.0. The quantitative estimate of drug-likeness (QED) is 0.719. The van der Waals surface area contributed by atoms with Crippen LogP contribution in [-0.4, -0.2) is 15.5 Å². The van der Waals surface area contributed by atoms with Gasteiger partial charge in [-0.2, -0.15) is 0 Å². The summed E-state index contributed by atoms with van der Waals surface area (Å²) in [5, 5.41) is 2.99. The predicted molar refractivity (Wildman–Crippen MR) is 99.1 cm³/mol. The molecule has 0 atom stereocenters. The second kappa shape index (κ2) is 8.29. The molecule has 0 spiro atoms. The zero-order valence-corrected chi connectivity index (χ0v) is 14.5. The van der Waals surface area contributed by atoms with Crippen molar-refractivity contribution in [3.8, 4) is 0 Å². The molecule has 1 heterocycles. The minimum atomic E-state index is 0.0862. The fourth-order valence-electron chi connectivity index (χ4n) is 2.66. The maximum Gasteiger partial charge on any atom is 0.220 e. The molecule has 0 aliphatic heterocycles. The Kier molecular flexibility index (Phi) is 5.62. The number of carbonyl (C=O) groups is 1. The molecule has 4 nitrogen and oxygen atoms in total. The lowest BCUT2D eigenvalue weighted by atomic mass is 10.1. The van der Waals surface area contributed by atoms with Gasteiger partial charge in [0.15, 0.2) is 0 Å². The molecule has 4 heteroatoms. The lowest BCUT2D eigenvalue weighted by Gasteiger charge is -2.07. The Morgan fingerprint density at radius 3 is 2.36 bits per heavy atom. The van der Waals surface area contributed by atoms with E-state index in [2.05, 4.69) is 65.8 Å². The van der Waals surface area contributed by atoms with E-state index in [4.69, 9.17) is 0 Å². The molecule has 0 saturated carbocycles. The molecule has 1 N–H and O–H groups in total. The summed E-state index contributed by atoms with van der Waals surface area (Å²) >= 11 is 0. The van der Waals surface area contributed by atoms with Crippen molar-refractivity contribution in [3.63, 3.8) is 0 Å². The summed E-state index contributed by atoms with van der Waals surface area (Å²) in [6, 6.07) is 16.6. The fraction of sp³-hybridized carbons (Fsp3) is 0.238. The van der Waals surface area contributed by atoms with E-state index in [1.54, 1.807) is 6.20 Å². The van der Waals surface area contributed by atoms with Crippen molar-refractivity contribution < 1.29 is 4.79 Å². The van der Waals surface area contributed by atoms with Crippen LogP contribution in [-0.2, 0) is 24.3 Å². The van der Waals surface area contributed by atoms with Crippen LogP contribution in [0.3, 0.4) is 0 Å². The highest BCUT2D eigenvalue weighted by molar-refractivity contribution is 5.76. The van der Waals surface area contributed by atoms with Gasteiger partial charge in [-0.15, -0.1) is 0 Å². The highest BCUT2D eigenvalue weighted by atomic mass is 16.1. The zero-order chi connectivity index (χ0) is 17.5. The van der Waals surface area contributed by atoms with Crippen molar-refractivity contribution in [1.82, 2.24) is 14.9 Å². The molecule has 0 bridgehead atoms. The monoisotopic (exact) mass is 333 g/mol. The molecular formula is C21H23N3O. The molecule has 3 rings (SSSR count). The number of aromatic nitrogens is 2. The van der Waals surface area contributed by atoms with Gasteiger partial charge < -0.3 is 9.88 Å². The molecule has 3 aromatic rings. The van der Waals surface area contributed by atoms with Crippen molar-refractivity contribution in [3.05, 3.63) is 89.5 Å². The first-order valence-corrected chi connectivity index (χ1v) is 8.55. The van der Waals surface area contributed by atoms with E-state index in [1.807, 2.05) is 17.1 Å². The number of nitrogens with one attached hydrogen (secondary N) is 1. The average molecular weight is 333 g/mol. The van der Waals surface area contributed by atoms with Gasteiger partial charge in [-0.3, -0.25) is 4.79 Å². The minimum absolute atomic E-state index is 0.0862. The SMILES string of the molecule is Cc1ccc(CCC(=O)NCc2ccc(Cn3ccnc3)cc2)cc1. The maximum absolute atomic E-state index is 12.0. The van der Waals surface area contributed by atoms with E-state index in [0.29, 0.717) is 13.0 Å². The Morgan fingerprint density at radius 1 is 1.00 bits per heavy atom. The first-order chi connectivity index (χ1) is 12.2. The van der Waals surface area contributed by atoms with Crippen molar-refractivity contribution in [2.24, 2.45) is 0 Å². The van der Waals surface area contributed by atoms with Crippen LogP contribution in [0.25, 0.3) is 0 Å². The third-order valence-corrected chi connectivity index (χ3v) is 4.20. The normalized spacial score (nSPS) is 10.6. The van der Waals surface area contributed by atoms with Gasteiger partial charge in [-0.05, 0) is 30.0 Å². The molecule has 0 aliphatic rings. The number of nitrogens with zero attached hydrogens (tertiary/aromatic N) is 2. The number of carbonyl (C=O) groups excluding carboxylic acids is 1. The van der Waals surface area contributed by atoms with Gasteiger partial charge in [-0.25, -0.2) is 4.98 Å². The van der Waals surface area contributed by atoms with E-state index in [1.165, 1.54) is 16.7 Å². The summed E-state index contributed by atoms with van der Waals surface area (Å²) in [6.45, 7) is 3.44. The largest absolute Gasteiger partial charge is 0.352 e. The minimum Gasteiger partial charge on any atom is -0.352 e. The van der Waals surface area contributed by atoms with Gasteiger partial charge in [0, 0.05) is 31.9 Å². The van der Waals surface area contributed by atoms with E-state index in [-0.39, 0.29) is 5.91 Å². The van der Waals surface area contributed by atoms with Crippen molar-refractivity contribution in [2.45, 2.75) is 32.9 Å². The summed E-state index contributed by atoms with van der Waals surface area (Å²) in [4.78, 5) is 16.1. The van der Waals surface area contributed by atoms with Crippen LogP contribution in [0.1, 0.15) is 28.7 Å². The lowest BCUT2D eigenvalue weighted by molar-refractivity contribution is -0.121. The average Bonchev–Trinajstić information content (AvgIpc) is 3.14. The Labute approximate surface area is 148 Å². The fourth-order valence-corrected chi connectivity index (χ4v) is 2.66. The molecule has 0 saturated heterocycles. The van der Waals surface area contributed by atoms with Crippen LogP contribution in [0.4, 0.5) is 0 Å². The van der Waals surface area contributed by atoms with Gasteiger partial charge in [0.25, 0.3) is 0 Å². The van der Waals surface area contributed by atoms with Gasteiger partial charge in [0.2, 0.25) is 5.91 Å². The van der Waals surface area contributed by atoms with Crippen molar-refractivity contribution in [1.29, 1.82) is 0 Å². The smallest absolute Gasteiger partial charge is 0.220 e. The summed E-state index contributed by atoms with van der Waals surface area (Å²) in [5.41, 5.74) is 4.76. The number of hydrogen-bond acceptors (Lipinski definition) is 2. The molecule has 0 aliphatic carbocycles. The predicted octanol–water partition coefficient (Wildman–Crippen LogP) is 3.49. The topological polar surface area (TPSA) is 46.9 Å². The Balaban J connectivity index is 1.43. The van der Waals surface area contributed by atoms with Gasteiger partial charge in [0.05, 0.1) is 6.33 Å². The second-order valence-corrected chi connectivity index (χ2v) is 6.31. The molecule has 1 aromatic heterocycles. The maximum atomic E-state index is 12.0. The highest BCUT2D eigenvalue weighted by Crippen LogP contribution is 2.08. The zero-order valence-electron chi connectivity index (χ0n) is 14.5. The van der Waals surface area contributed by atoms with Gasteiger partial charge in [0.1, 0.15) is 0 Å². The molecular weight excluding hydrogens is 310 g/mol. The lowest BCUT2D eigenvalue weighted by Crippen LogP contribution is -2.23. The van der Waals surface area contributed by atoms with Crippen LogP contribution in [0.15, 0.2) is 67.3 Å². The van der Waals surface area contributed by atoms with Crippen LogP contribution in [0.5, 0.6) is 0 Å². The van der Waals surface area contributed by atoms with Gasteiger partial charge >= 0.3 is 0 Å². The molecule has 0 radical (unpaired) electrons. The van der Waals surface area contributed by atoms with E-state index < -0.39 is 0 Å². The van der Waals surface area contributed by atoms with E-state index in [0.717, 1.165) is 18.5 Å².